The second kappa shape index (κ2) is 9.89. The fraction of sp³-hybridized carbons (Fsp3) is 0.656. The summed E-state index contributed by atoms with van der Waals surface area (Å²) >= 11 is 0. The third-order valence-corrected chi connectivity index (χ3v) is 10.6. The second-order valence-corrected chi connectivity index (χ2v) is 13.0. The quantitative estimate of drug-likeness (QED) is 0.335. The molecular weight excluding hydrogens is 512 g/mol. The van der Waals surface area contributed by atoms with E-state index in [0.717, 1.165) is 23.1 Å². The molecule has 4 aliphatic rings. The minimum atomic E-state index is -0.972. The van der Waals surface area contributed by atoms with Crippen LogP contribution in [0, 0.1) is 28.6 Å². The number of ether oxygens (including phenoxy) is 4. The first-order chi connectivity index (χ1) is 18.8. The molecule has 0 spiro atoms. The van der Waals surface area contributed by atoms with Gasteiger partial charge in [0.05, 0.1) is 44.5 Å². The molecule has 1 saturated carbocycles. The average molecular weight is 555 g/mol. The first-order valence-corrected chi connectivity index (χ1v) is 14.4. The van der Waals surface area contributed by atoms with Gasteiger partial charge in [-0.25, -0.2) is 0 Å². The molecule has 218 valence electrons. The van der Waals surface area contributed by atoms with Gasteiger partial charge in [-0.3, -0.25) is 14.4 Å². The zero-order valence-electron chi connectivity index (χ0n) is 24.7. The van der Waals surface area contributed by atoms with Crippen molar-refractivity contribution in [2.75, 3.05) is 7.11 Å². The smallest absolute Gasteiger partial charge is 0.309 e. The Kier molecular flexibility index (Phi) is 7.09. The van der Waals surface area contributed by atoms with Gasteiger partial charge in [0, 0.05) is 28.6 Å². The molecule has 9 atom stereocenters. The van der Waals surface area contributed by atoms with E-state index in [1.165, 1.54) is 7.11 Å². The molecule has 5 rings (SSSR count). The molecule has 3 heterocycles. The summed E-state index contributed by atoms with van der Waals surface area (Å²) in [5.41, 5.74) is 0.635. The molecule has 40 heavy (non-hydrogen) atoms. The maximum Gasteiger partial charge on any atom is 0.309 e. The van der Waals surface area contributed by atoms with Crippen LogP contribution in [-0.2, 0) is 33.3 Å². The summed E-state index contributed by atoms with van der Waals surface area (Å²) in [6.07, 6.45) is 5.32. The topological polar surface area (TPSA) is 101 Å². The predicted octanol–water partition coefficient (Wildman–Crippen LogP) is 5.52. The number of cyclic esters (lactones) is 1. The van der Waals surface area contributed by atoms with Crippen LogP contribution in [0.15, 0.2) is 46.8 Å². The van der Waals surface area contributed by atoms with Crippen LogP contribution in [0.1, 0.15) is 78.7 Å². The highest BCUT2D eigenvalue weighted by molar-refractivity contribution is 5.74. The van der Waals surface area contributed by atoms with Crippen molar-refractivity contribution in [3.63, 3.8) is 0 Å². The predicted molar refractivity (Wildman–Crippen MR) is 146 cm³/mol. The third kappa shape index (κ3) is 4.08. The van der Waals surface area contributed by atoms with E-state index in [4.69, 9.17) is 23.4 Å². The largest absolute Gasteiger partial charge is 0.472 e. The molecular formula is C32H42O8. The lowest BCUT2D eigenvalue weighted by molar-refractivity contribution is -0.179. The summed E-state index contributed by atoms with van der Waals surface area (Å²) in [5, 5.41) is 0. The Hall–Kier alpha value is -2.87. The Bertz CT molecular complexity index is 1230. The number of allylic oxidation sites excluding steroid dienone is 1. The third-order valence-electron chi connectivity index (χ3n) is 10.6. The van der Waals surface area contributed by atoms with Crippen molar-refractivity contribution < 1.29 is 37.7 Å². The van der Waals surface area contributed by atoms with Gasteiger partial charge in [0.15, 0.2) is 0 Å². The molecule has 0 bridgehead atoms. The standard InChI is InChI=1S/C32H42O8/c1-9-17(2)29(35)39-28-27-26(18(3)20-10-11-21(31(20,28)6)19-12-13-37-16-19)32(7)22(14-24(33)36-8)30(4,5)40-25(34)15-23(32)38-27/h10,12-13,16-17,21-23,26-28H,3,9,11,14-15H2,1-2,4-8H3/t17-,21+,22+,23+,26-,27-,28+,31-,32-/m1/s1. The number of esters is 3. The molecule has 1 aromatic rings. The molecule has 0 radical (unpaired) electrons. The van der Waals surface area contributed by atoms with Gasteiger partial charge in [0.25, 0.3) is 0 Å². The van der Waals surface area contributed by atoms with Crippen LogP contribution < -0.4 is 0 Å². The van der Waals surface area contributed by atoms with Crippen LogP contribution in [0.3, 0.4) is 0 Å². The summed E-state index contributed by atoms with van der Waals surface area (Å²) in [7, 11) is 1.36. The van der Waals surface area contributed by atoms with Gasteiger partial charge in [-0.15, -0.1) is 0 Å². The Morgan fingerprint density at radius 3 is 2.58 bits per heavy atom. The Labute approximate surface area is 236 Å². The number of hydrogen-bond donors (Lipinski definition) is 0. The van der Waals surface area contributed by atoms with Crippen LogP contribution >= 0.6 is 0 Å². The number of hydrogen-bond acceptors (Lipinski definition) is 8. The monoisotopic (exact) mass is 554 g/mol. The van der Waals surface area contributed by atoms with E-state index in [1.807, 2.05) is 33.8 Å². The van der Waals surface area contributed by atoms with Crippen molar-refractivity contribution in [2.24, 2.45) is 28.6 Å². The van der Waals surface area contributed by atoms with Crippen LogP contribution in [0.5, 0.6) is 0 Å². The molecule has 0 N–H and O–H groups in total. The first kappa shape index (κ1) is 28.7. The molecule has 0 amide bonds. The highest BCUT2D eigenvalue weighted by atomic mass is 16.6. The van der Waals surface area contributed by atoms with Crippen LogP contribution in [-0.4, -0.2) is 48.9 Å². The minimum absolute atomic E-state index is 0.0113. The second-order valence-electron chi connectivity index (χ2n) is 13.0. The molecule has 1 aromatic heterocycles. The summed E-state index contributed by atoms with van der Waals surface area (Å²) in [5.74, 6) is -2.09. The van der Waals surface area contributed by atoms with E-state index in [1.54, 1.807) is 12.5 Å². The number of methoxy groups -OCH3 is 1. The fourth-order valence-electron chi connectivity index (χ4n) is 8.30. The molecule has 0 unspecified atom stereocenters. The fourth-order valence-corrected chi connectivity index (χ4v) is 8.30. The summed E-state index contributed by atoms with van der Waals surface area (Å²) < 4.78 is 29.8. The number of fused-ring (bicyclic) bond motifs is 4. The van der Waals surface area contributed by atoms with E-state index in [0.29, 0.717) is 6.42 Å². The molecule has 2 aliphatic carbocycles. The van der Waals surface area contributed by atoms with Gasteiger partial charge in [-0.2, -0.15) is 0 Å². The Morgan fingerprint density at radius 2 is 1.95 bits per heavy atom. The first-order valence-electron chi connectivity index (χ1n) is 14.4. The van der Waals surface area contributed by atoms with Gasteiger partial charge >= 0.3 is 17.9 Å². The highest BCUT2D eigenvalue weighted by Crippen LogP contribution is 2.68. The van der Waals surface area contributed by atoms with Crippen molar-refractivity contribution in [3.8, 4) is 0 Å². The van der Waals surface area contributed by atoms with Crippen molar-refractivity contribution in [3.05, 3.63) is 48.0 Å². The Morgan fingerprint density at radius 1 is 1.23 bits per heavy atom. The van der Waals surface area contributed by atoms with Gasteiger partial charge in [-0.1, -0.05) is 40.3 Å². The minimum Gasteiger partial charge on any atom is -0.472 e. The normalized spacial score (nSPS) is 38.7. The maximum absolute atomic E-state index is 13.4. The van der Waals surface area contributed by atoms with Crippen molar-refractivity contribution in [1.29, 1.82) is 0 Å². The maximum atomic E-state index is 13.4. The molecule has 8 nitrogen and oxygen atoms in total. The molecule has 2 saturated heterocycles. The van der Waals surface area contributed by atoms with E-state index in [9.17, 15) is 14.4 Å². The molecule has 8 heteroatoms. The summed E-state index contributed by atoms with van der Waals surface area (Å²) in [4.78, 5) is 39.2. The van der Waals surface area contributed by atoms with Crippen molar-refractivity contribution >= 4 is 17.9 Å². The van der Waals surface area contributed by atoms with E-state index >= 15 is 0 Å². The SMILES string of the molecule is C=C1C2=CC[C@@H](c3ccoc3)[C@]2(C)[C@@H](OC(=O)[C@H](C)CC)[C@@H]2O[C@H]3CC(=O)OC(C)(C)[C@H](CC(=O)OC)[C@@]3(C)[C@H]12. The van der Waals surface area contributed by atoms with E-state index in [-0.39, 0.29) is 48.5 Å². The van der Waals surface area contributed by atoms with Gasteiger partial charge in [0.2, 0.25) is 0 Å². The number of carbonyl (C=O) groups excluding carboxylic acids is 3. The highest BCUT2D eigenvalue weighted by Gasteiger charge is 2.71. The lowest BCUT2D eigenvalue weighted by atomic mass is 9.51. The van der Waals surface area contributed by atoms with Crippen molar-refractivity contribution in [2.45, 2.75) is 97.1 Å². The summed E-state index contributed by atoms with van der Waals surface area (Å²) in [6, 6.07) is 1.96. The molecule has 0 aromatic carbocycles. The van der Waals surface area contributed by atoms with Crippen molar-refractivity contribution in [1.82, 2.24) is 0 Å². The lowest BCUT2D eigenvalue weighted by Gasteiger charge is -2.53. The molecule has 3 fully saturated rings. The Balaban J connectivity index is 1.67. The number of rotatable bonds is 6. The average Bonchev–Trinajstić information content (AvgIpc) is 3.60. The zero-order valence-corrected chi connectivity index (χ0v) is 24.7. The molecule has 2 aliphatic heterocycles. The van der Waals surface area contributed by atoms with Gasteiger partial charge in [0.1, 0.15) is 17.8 Å². The number of furan rings is 1. The van der Waals surface area contributed by atoms with Gasteiger partial charge < -0.3 is 23.4 Å². The summed E-state index contributed by atoms with van der Waals surface area (Å²) in [6.45, 7) is 16.4. The zero-order chi connectivity index (χ0) is 29.2. The van der Waals surface area contributed by atoms with Crippen LogP contribution in [0.25, 0.3) is 0 Å². The van der Waals surface area contributed by atoms with Gasteiger partial charge in [-0.05, 0) is 49.5 Å². The lowest BCUT2D eigenvalue weighted by Crippen LogP contribution is -2.58. The van der Waals surface area contributed by atoms with E-state index < -0.39 is 40.7 Å². The number of carbonyl (C=O) groups is 3. The van der Waals surface area contributed by atoms with E-state index in [2.05, 4.69) is 26.5 Å². The van der Waals surface area contributed by atoms with Crippen LogP contribution in [0.2, 0.25) is 0 Å². The van der Waals surface area contributed by atoms with Crippen LogP contribution in [0.4, 0.5) is 0 Å².